The largest absolute Gasteiger partial charge is 0.377 e. The Morgan fingerprint density at radius 1 is 1.45 bits per heavy atom. The second kappa shape index (κ2) is 7.19. The maximum atomic E-state index is 11.8. The molecule has 0 amide bonds. The van der Waals surface area contributed by atoms with E-state index in [0.717, 1.165) is 6.42 Å². The molecular weight excluding hydrogens is 280 g/mol. The fourth-order valence-corrected chi connectivity index (χ4v) is 3.53. The Balaban J connectivity index is 1.67. The monoisotopic (exact) mass is 302 g/mol. The number of ether oxygens (including phenoxy) is 1. The lowest BCUT2D eigenvalue weighted by Gasteiger charge is -2.28. The standard InChI is InChI=1S/C13H22N2O4S/c1-11-4-2-3-5-13(11)18-9-7-14-20(16,17)10-12-6-8-19-15-12/h6,8,11,13-14H,2-5,7,9-10H2,1H3/t11-,13+/m1/s1. The van der Waals surface area contributed by atoms with Gasteiger partial charge in [0.15, 0.2) is 0 Å². The van der Waals surface area contributed by atoms with Crippen molar-refractivity contribution >= 4 is 10.0 Å². The molecule has 114 valence electrons. The molecule has 1 aliphatic rings. The van der Waals surface area contributed by atoms with Crippen LogP contribution in [0.4, 0.5) is 0 Å². The van der Waals surface area contributed by atoms with Crippen LogP contribution in [0.5, 0.6) is 0 Å². The second-order valence-corrected chi connectivity index (χ2v) is 7.12. The highest BCUT2D eigenvalue weighted by atomic mass is 32.2. The van der Waals surface area contributed by atoms with Crippen molar-refractivity contribution in [1.82, 2.24) is 9.88 Å². The average Bonchev–Trinajstić information content (AvgIpc) is 2.88. The lowest BCUT2D eigenvalue weighted by atomic mass is 9.88. The minimum absolute atomic E-state index is 0.163. The van der Waals surface area contributed by atoms with Gasteiger partial charge >= 0.3 is 0 Å². The molecule has 1 aliphatic carbocycles. The van der Waals surface area contributed by atoms with E-state index in [1.807, 2.05) is 0 Å². The number of hydrogen-bond acceptors (Lipinski definition) is 5. The highest BCUT2D eigenvalue weighted by Crippen LogP contribution is 2.25. The molecule has 1 N–H and O–H groups in total. The summed E-state index contributed by atoms with van der Waals surface area (Å²) in [5.74, 6) is 0.402. The van der Waals surface area contributed by atoms with Crippen molar-refractivity contribution in [2.24, 2.45) is 5.92 Å². The summed E-state index contributed by atoms with van der Waals surface area (Å²) in [6, 6.07) is 1.54. The van der Waals surface area contributed by atoms with E-state index < -0.39 is 10.0 Å². The first-order valence-corrected chi connectivity index (χ1v) is 8.70. The minimum atomic E-state index is -3.37. The summed E-state index contributed by atoms with van der Waals surface area (Å²) in [5, 5.41) is 3.59. The van der Waals surface area contributed by atoms with Crippen molar-refractivity contribution in [2.45, 2.75) is 44.5 Å². The maximum absolute atomic E-state index is 11.8. The maximum Gasteiger partial charge on any atom is 0.217 e. The Hall–Kier alpha value is -0.920. The number of nitrogens with one attached hydrogen (secondary N) is 1. The normalized spacial score (nSPS) is 23.9. The van der Waals surface area contributed by atoms with E-state index in [1.165, 1.54) is 25.5 Å². The van der Waals surface area contributed by atoms with Gasteiger partial charge in [-0.3, -0.25) is 0 Å². The van der Waals surface area contributed by atoms with Gasteiger partial charge in [-0.15, -0.1) is 0 Å². The molecule has 20 heavy (non-hydrogen) atoms. The SMILES string of the molecule is C[C@@H]1CCCC[C@@H]1OCCNS(=O)(=O)Cc1ccon1. The molecule has 0 aromatic carbocycles. The van der Waals surface area contributed by atoms with E-state index >= 15 is 0 Å². The first kappa shape index (κ1) is 15.5. The summed E-state index contributed by atoms with van der Waals surface area (Å²) in [5.41, 5.74) is 0.402. The lowest BCUT2D eigenvalue weighted by Crippen LogP contribution is -2.32. The molecule has 2 atom stereocenters. The summed E-state index contributed by atoms with van der Waals surface area (Å²) >= 11 is 0. The third-order valence-corrected chi connectivity index (χ3v) is 4.94. The molecular formula is C13H22N2O4S. The van der Waals surface area contributed by atoms with Crippen molar-refractivity contribution in [1.29, 1.82) is 0 Å². The van der Waals surface area contributed by atoms with Gasteiger partial charge < -0.3 is 9.26 Å². The van der Waals surface area contributed by atoms with Crippen molar-refractivity contribution in [2.75, 3.05) is 13.2 Å². The van der Waals surface area contributed by atoms with Crippen molar-refractivity contribution in [3.63, 3.8) is 0 Å². The zero-order chi connectivity index (χ0) is 14.4. The van der Waals surface area contributed by atoms with Crippen LogP contribution in [0.15, 0.2) is 16.9 Å². The number of hydrogen-bond donors (Lipinski definition) is 1. The lowest BCUT2D eigenvalue weighted by molar-refractivity contribution is -0.00177. The Morgan fingerprint density at radius 3 is 2.95 bits per heavy atom. The quantitative estimate of drug-likeness (QED) is 0.775. The van der Waals surface area contributed by atoms with Crippen LogP contribution < -0.4 is 4.72 Å². The van der Waals surface area contributed by atoms with Crippen LogP contribution in [0.1, 0.15) is 38.3 Å². The number of rotatable bonds is 7. The van der Waals surface area contributed by atoms with Gasteiger partial charge in [-0.25, -0.2) is 13.1 Å². The second-order valence-electron chi connectivity index (χ2n) is 5.32. The van der Waals surface area contributed by atoms with Gasteiger partial charge in [0.25, 0.3) is 0 Å². The Kier molecular flexibility index (Phi) is 5.56. The molecule has 0 unspecified atom stereocenters. The third-order valence-electron chi connectivity index (χ3n) is 3.62. The molecule has 0 spiro atoms. The molecule has 2 rings (SSSR count). The molecule has 1 saturated carbocycles. The fraction of sp³-hybridized carbons (Fsp3) is 0.769. The van der Waals surface area contributed by atoms with E-state index in [-0.39, 0.29) is 11.9 Å². The summed E-state index contributed by atoms with van der Waals surface area (Å²) in [6.45, 7) is 2.90. The van der Waals surface area contributed by atoms with Gasteiger partial charge in [0.05, 0.1) is 18.4 Å². The summed E-state index contributed by atoms with van der Waals surface area (Å²) in [6.07, 6.45) is 6.37. The van der Waals surface area contributed by atoms with E-state index in [2.05, 4.69) is 21.3 Å². The van der Waals surface area contributed by atoms with Crippen LogP contribution in [0, 0.1) is 5.92 Å². The summed E-state index contributed by atoms with van der Waals surface area (Å²) in [7, 11) is -3.37. The van der Waals surface area contributed by atoms with E-state index in [4.69, 9.17) is 4.74 Å². The molecule has 7 heteroatoms. The first-order valence-electron chi connectivity index (χ1n) is 7.05. The number of sulfonamides is 1. The van der Waals surface area contributed by atoms with Crippen LogP contribution in [-0.4, -0.2) is 32.8 Å². The molecule has 1 aromatic rings. The zero-order valence-corrected chi connectivity index (χ0v) is 12.6. The smallest absolute Gasteiger partial charge is 0.217 e. The van der Waals surface area contributed by atoms with Gasteiger partial charge in [0, 0.05) is 12.6 Å². The highest BCUT2D eigenvalue weighted by molar-refractivity contribution is 7.88. The van der Waals surface area contributed by atoms with Crippen LogP contribution >= 0.6 is 0 Å². The average molecular weight is 302 g/mol. The molecule has 6 nitrogen and oxygen atoms in total. The molecule has 0 aliphatic heterocycles. The Morgan fingerprint density at radius 2 is 2.25 bits per heavy atom. The molecule has 0 radical (unpaired) electrons. The summed E-state index contributed by atoms with van der Waals surface area (Å²) in [4.78, 5) is 0. The molecule has 1 fully saturated rings. The van der Waals surface area contributed by atoms with E-state index in [9.17, 15) is 8.42 Å². The topological polar surface area (TPSA) is 81.4 Å². The van der Waals surface area contributed by atoms with Crippen molar-refractivity contribution < 1.29 is 17.7 Å². The Labute approximate surface area is 119 Å². The number of nitrogens with zero attached hydrogens (tertiary/aromatic N) is 1. The van der Waals surface area contributed by atoms with Gasteiger partial charge in [-0.2, -0.15) is 0 Å². The zero-order valence-electron chi connectivity index (χ0n) is 11.7. The fourth-order valence-electron chi connectivity index (χ4n) is 2.50. The van der Waals surface area contributed by atoms with Crippen LogP contribution in [0.3, 0.4) is 0 Å². The predicted octanol–water partition coefficient (Wildman–Crippen LogP) is 1.69. The van der Waals surface area contributed by atoms with Gasteiger partial charge in [0.1, 0.15) is 12.0 Å². The molecule has 0 bridgehead atoms. The third kappa shape index (κ3) is 4.88. The predicted molar refractivity (Wildman–Crippen MR) is 74.5 cm³/mol. The van der Waals surface area contributed by atoms with Gasteiger partial charge in [-0.05, 0) is 18.8 Å². The minimum Gasteiger partial charge on any atom is -0.377 e. The van der Waals surface area contributed by atoms with E-state index in [0.29, 0.717) is 24.8 Å². The Bertz CT molecular complexity index is 486. The molecule has 0 saturated heterocycles. The van der Waals surface area contributed by atoms with Crippen LogP contribution in [-0.2, 0) is 20.5 Å². The van der Waals surface area contributed by atoms with Crippen molar-refractivity contribution in [3.8, 4) is 0 Å². The van der Waals surface area contributed by atoms with Gasteiger partial charge in [-0.1, -0.05) is 24.9 Å². The highest BCUT2D eigenvalue weighted by Gasteiger charge is 2.21. The summed E-state index contributed by atoms with van der Waals surface area (Å²) < 4.78 is 36.4. The first-order chi connectivity index (χ1) is 9.57. The van der Waals surface area contributed by atoms with Crippen molar-refractivity contribution in [3.05, 3.63) is 18.0 Å². The van der Waals surface area contributed by atoms with E-state index in [1.54, 1.807) is 6.07 Å². The van der Waals surface area contributed by atoms with Crippen LogP contribution in [0.2, 0.25) is 0 Å². The number of aromatic nitrogens is 1. The van der Waals surface area contributed by atoms with Gasteiger partial charge in [0.2, 0.25) is 10.0 Å². The molecule has 1 aromatic heterocycles. The molecule has 1 heterocycles. The van der Waals surface area contributed by atoms with Crippen LogP contribution in [0.25, 0.3) is 0 Å².